The molecule has 0 saturated carbocycles. The molecule has 9 heteroatoms. The first-order valence-electron chi connectivity index (χ1n) is 11.1. The Hall–Kier alpha value is -3.20. The number of benzene rings is 2. The Bertz CT molecular complexity index is 1380. The number of nitrogens with zero attached hydrogens (tertiary/aromatic N) is 5. The zero-order chi connectivity index (χ0) is 24.2. The van der Waals surface area contributed by atoms with Gasteiger partial charge in [-0.3, -0.25) is 13.9 Å². The molecule has 1 unspecified atom stereocenters. The largest absolute Gasteiger partial charge is 0.367 e. The molecule has 0 N–H and O–H groups in total. The fourth-order valence-electron chi connectivity index (χ4n) is 3.93. The van der Waals surface area contributed by atoms with Crippen molar-refractivity contribution in [3.05, 3.63) is 97.9 Å². The number of likely N-dealkylation sites (N-methyl/N-ethyl adjacent to an activating group) is 1. The van der Waals surface area contributed by atoms with Crippen LogP contribution in [0.1, 0.15) is 17.2 Å². The van der Waals surface area contributed by atoms with E-state index in [4.69, 9.17) is 16.3 Å². The third-order valence-electron chi connectivity index (χ3n) is 5.97. The van der Waals surface area contributed by atoms with E-state index in [0.29, 0.717) is 42.4 Å². The van der Waals surface area contributed by atoms with Crippen molar-refractivity contribution in [2.45, 2.75) is 12.6 Å². The van der Waals surface area contributed by atoms with Crippen LogP contribution in [0.5, 0.6) is 0 Å². The molecule has 178 valence electrons. The van der Waals surface area contributed by atoms with Crippen LogP contribution in [0.2, 0.25) is 5.02 Å². The summed E-state index contributed by atoms with van der Waals surface area (Å²) < 4.78 is 10.6. The molecule has 4 aromatic rings. The number of halogens is 1. The molecule has 0 amide bonds. The van der Waals surface area contributed by atoms with Crippen LogP contribution in [0.25, 0.3) is 11.2 Å². The van der Waals surface area contributed by atoms with Crippen LogP contribution in [0, 0.1) is 0 Å². The second kappa shape index (κ2) is 10.4. The van der Waals surface area contributed by atoms with E-state index in [2.05, 4.69) is 22.0 Å². The fourth-order valence-corrected chi connectivity index (χ4v) is 4.06. The first-order chi connectivity index (χ1) is 16.4. The first kappa shape index (κ1) is 23.9. The van der Waals surface area contributed by atoms with Crippen LogP contribution in [0.15, 0.2) is 70.5 Å². The normalized spacial score (nSPS) is 12.5. The molecule has 2 aromatic heterocycles. The van der Waals surface area contributed by atoms with Crippen LogP contribution >= 0.6 is 11.6 Å². The van der Waals surface area contributed by atoms with Gasteiger partial charge in [-0.1, -0.05) is 54.1 Å². The van der Waals surface area contributed by atoms with E-state index >= 15 is 0 Å². The van der Waals surface area contributed by atoms with Gasteiger partial charge in [-0.2, -0.15) is 0 Å². The average Bonchev–Trinajstić information content (AvgIpc) is 3.28. The van der Waals surface area contributed by atoms with Crippen LogP contribution in [0.3, 0.4) is 0 Å². The number of aromatic nitrogens is 4. The van der Waals surface area contributed by atoms with Gasteiger partial charge < -0.3 is 14.2 Å². The first-order valence-corrected chi connectivity index (χ1v) is 11.5. The third kappa shape index (κ3) is 4.99. The van der Waals surface area contributed by atoms with Gasteiger partial charge in [0, 0.05) is 38.8 Å². The van der Waals surface area contributed by atoms with E-state index in [1.807, 2.05) is 49.5 Å². The molecule has 8 nitrogen and oxygen atoms in total. The third-order valence-corrected chi connectivity index (χ3v) is 6.22. The molecule has 0 radical (unpaired) electrons. The van der Waals surface area contributed by atoms with Gasteiger partial charge >= 0.3 is 5.69 Å². The zero-order valence-electron chi connectivity index (χ0n) is 19.5. The smallest absolute Gasteiger partial charge is 0.332 e. The summed E-state index contributed by atoms with van der Waals surface area (Å²) in [4.78, 5) is 31.2. The van der Waals surface area contributed by atoms with Gasteiger partial charge in [0.25, 0.3) is 5.56 Å². The van der Waals surface area contributed by atoms with E-state index in [9.17, 15) is 9.59 Å². The van der Waals surface area contributed by atoms with Crippen molar-refractivity contribution in [1.82, 2.24) is 23.6 Å². The lowest BCUT2D eigenvalue weighted by Gasteiger charge is -2.22. The van der Waals surface area contributed by atoms with Crippen molar-refractivity contribution in [3.63, 3.8) is 0 Å². The molecule has 0 spiro atoms. The summed E-state index contributed by atoms with van der Waals surface area (Å²) in [6.07, 6.45) is 1.43. The monoisotopic (exact) mass is 481 g/mol. The Morgan fingerprint density at radius 1 is 0.971 bits per heavy atom. The van der Waals surface area contributed by atoms with Crippen molar-refractivity contribution in [1.29, 1.82) is 0 Å². The maximum absolute atomic E-state index is 12.6. The van der Waals surface area contributed by atoms with Crippen LogP contribution in [-0.2, 0) is 25.4 Å². The molecule has 1 atom stereocenters. The number of rotatable bonds is 9. The molecule has 4 rings (SSSR count). The SMILES string of the molecule is CN(CCOC(c1ccccc1)c1ccc(Cl)cc1)CCn1cnc2c1c(=O)n(C)c(=O)n2C. The second-order valence-corrected chi connectivity index (χ2v) is 8.77. The Morgan fingerprint density at radius 3 is 2.35 bits per heavy atom. The van der Waals surface area contributed by atoms with E-state index < -0.39 is 0 Å². The van der Waals surface area contributed by atoms with E-state index in [-0.39, 0.29) is 17.4 Å². The molecule has 2 aromatic carbocycles. The number of fused-ring (bicyclic) bond motifs is 1. The Balaban J connectivity index is 1.40. The Morgan fingerprint density at radius 2 is 1.65 bits per heavy atom. The lowest BCUT2D eigenvalue weighted by Crippen LogP contribution is -2.37. The quantitative estimate of drug-likeness (QED) is 0.367. The molecular weight excluding hydrogens is 454 g/mol. The van der Waals surface area contributed by atoms with Crippen molar-refractivity contribution >= 4 is 22.8 Å². The van der Waals surface area contributed by atoms with Gasteiger partial charge in [0.2, 0.25) is 0 Å². The average molecular weight is 482 g/mol. The van der Waals surface area contributed by atoms with Crippen molar-refractivity contribution in [2.75, 3.05) is 26.7 Å². The second-order valence-electron chi connectivity index (χ2n) is 8.33. The molecule has 34 heavy (non-hydrogen) atoms. The maximum atomic E-state index is 12.6. The van der Waals surface area contributed by atoms with Crippen molar-refractivity contribution < 1.29 is 4.74 Å². The molecule has 0 fully saturated rings. The predicted octanol–water partition coefficient (Wildman–Crippen LogP) is 2.83. The summed E-state index contributed by atoms with van der Waals surface area (Å²) in [5.41, 5.74) is 2.23. The lowest BCUT2D eigenvalue weighted by molar-refractivity contribution is 0.0642. The molecular formula is C25H28ClN5O3. The topological polar surface area (TPSA) is 74.3 Å². The van der Waals surface area contributed by atoms with E-state index in [1.165, 1.54) is 11.6 Å². The number of aryl methyl sites for hydroxylation is 1. The van der Waals surface area contributed by atoms with Crippen LogP contribution < -0.4 is 11.2 Å². The maximum Gasteiger partial charge on any atom is 0.332 e. The predicted molar refractivity (Wildman–Crippen MR) is 133 cm³/mol. The van der Waals surface area contributed by atoms with E-state index in [0.717, 1.165) is 15.7 Å². The Labute approximate surface area is 202 Å². The molecule has 0 aliphatic rings. The molecule has 0 aliphatic heterocycles. The number of imidazole rings is 1. The summed E-state index contributed by atoms with van der Waals surface area (Å²) in [5, 5.41) is 0.692. The molecule has 0 bridgehead atoms. The highest BCUT2D eigenvalue weighted by molar-refractivity contribution is 6.30. The fraction of sp³-hybridized carbons (Fsp3) is 0.320. The summed E-state index contributed by atoms with van der Waals surface area (Å²) in [5.74, 6) is 0. The van der Waals surface area contributed by atoms with Gasteiger partial charge in [-0.05, 0) is 30.3 Å². The van der Waals surface area contributed by atoms with Crippen molar-refractivity contribution in [2.24, 2.45) is 14.1 Å². The van der Waals surface area contributed by atoms with Gasteiger partial charge in [-0.15, -0.1) is 0 Å². The molecule has 0 saturated heterocycles. The van der Waals surface area contributed by atoms with Crippen LogP contribution in [0.4, 0.5) is 0 Å². The lowest BCUT2D eigenvalue weighted by atomic mass is 10.0. The van der Waals surface area contributed by atoms with Gasteiger partial charge in [0.1, 0.15) is 6.10 Å². The highest BCUT2D eigenvalue weighted by atomic mass is 35.5. The number of ether oxygens (including phenoxy) is 1. The molecule has 0 aliphatic carbocycles. The van der Waals surface area contributed by atoms with Gasteiger partial charge in [0.05, 0.1) is 12.9 Å². The van der Waals surface area contributed by atoms with E-state index in [1.54, 1.807) is 17.9 Å². The number of hydrogen-bond donors (Lipinski definition) is 0. The van der Waals surface area contributed by atoms with Gasteiger partial charge in [-0.25, -0.2) is 9.78 Å². The Kier molecular flexibility index (Phi) is 7.31. The summed E-state index contributed by atoms with van der Waals surface area (Å²) in [6.45, 7) is 2.50. The zero-order valence-corrected chi connectivity index (χ0v) is 20.3. The summed E-state index contributed by atoms with van der Waals surface area (Å²) in [6, 6.07) is 17.8. The van der Waals surface area contributed by atoms with Gasteiger partial charge in [0.15, 0.2) is 11.2 Å². The minimum Gasteiger partial charge on any atom is -0.367 e. The highest BCUT2D eigenvalue weighted by Crippen LogP contribution is 2.27. The minimum atomic E-state index is -0.384. The minimum absolute atomic E-state index is 0.186. The van der Waals surface area contributed by atoms with Crippen molar-refractivity contribution in [3.8, 4) is 0 Å². The summed E-state index contributed by atoms with van der Waals surface area (Å²) >= 11 is 6.06. The standard InChI is InChI=1S/C25H28ClN5O3/c1-28(13-14-31-17-27-23-21(31)24(32)30(3)25(33)29(23)2)15-16-34-22(18-7-5-4-6-8-18)19-9-11-20(26)12-10-19/h4-12,17,22H,13-16H2,1-3H3. The summed E-state index contributed by atoms with van der Waals surface area (Å²) in [7, 11) is 5.11. The van der Waals surface area contributed by atoms with Crippen LogP contribution in [-0.4, -0.2) is 50.3 Å². The highest BCUT2D eigenvalue weighted by Gasteiger charge is 2.16. The number of hydrogen-bond acceptors (Lipinski definition) is 5. The molecule has 2 heterocycles.